The summed E-state index contributed by atoms with van der Waals surface area (Å²) in [6.07, 6.45) is 10.2. The second-order valence-electron chi connectivity index (χ2n) is 7.99. The number of ether oxygens (including phenoxy) is 1. The fourth-order valence-corrected chi connectivity index (χ4v) is 3.62. The maximum absolute atomic E-state index is 12.4. The summed E-state index contributed by atoms with van der Waals surface area (Å²) in [7, 11) is 0. The Hall–Kier alpha value is -0.770. The molecule has 1 amide bonds. The van der Waals surface area contributed by atoms with Gasteiger partial charge in [-0.3, -0.25) is 0 Å². The van der Waals surface area contributed by atoms with E-state index in [2.05, 4.69) is 5.32 Å². The molecule has 2 rings (SSSR count). The summed E-state index contributed by atoms with van der Waals surface area (Å²) in [5.41, 5.74) is -0.408. The summed E-state index contributed by atoms with van der Waals surface area (Å²) in [5, 5.41) is 3.62. The number of rotatable bonds is 4. The van der Waals surface area contributed by atoms with Crippen LogP contribution in [-0.2, 0) is 4.74 Å². The number of hydrogen-bond acceptors (Lipinski definition) is 3. The molecule has 0 aromatic carbocycles. The zero-order valence-electron chi connectivity index (χ0n) is 14.7. The van der Waals surface area contributed by atoms with E-state index in [1.54, 1.807) is 0 Å². The number of likely N-dealkylation sites (tertiary alicyclic amines) is 1. The summed E-state index contributed by atoms with van der Waals surface area (Å²) < 4.78 is 5.56. The van der Waals surface area contributed by atoms with E-state index < -0.39 is 5.60 Å². The van der Waals surface area contributed by atoms with E-state index in [4.69, 9.17) is 4.74 Å². The van der Waals surface area contributed by atoms with E-state index in [0.717, 1.165) is 38.4 Å². The molecule has 1 saturated carbocycles. The van der Waals surface area contributed by atoms with Gasteiger partial charge in [0.2, 0.25) is 0 Å². The Bertz CT molecular complexity index is 345. The van der Waals surface area contributed by atoms with Gasteiger partial charge < -0.3 is 15.0 Å². The van der Waals surface area contributed by atoms with Crippen LogP contribution in [0.25, 0.3) is 0 Å². The topological polar surface area (TPSA) is 41.6 Å². The van der Waals surface area contributed by atoms with Crippen molar-refractivity contribution in [3.63, 3.8) is 0 Å². The van der Waals surface area contributed by atoms with Crippen molar-refractivity contribution in [2.75, 3.05) is 19.6 Å². The summed E-state index contributed by atoms with van der Waals surface area (Å²) in [6, 6.07) is 0.298. The van der Waals surface area contributed by atoms with Gasteiger partial charge in [0, 0.05) is 19.1 Å². The van der Waals surface area contributed by atoms with Crippen LogP contribution in [0, 0.1) is 5.92 Å². The minimum Gasteiger partial charge on any atom is -0.444 e. The number of amides is 1. The van der Waals surface area contributed by atoms with Crippen molar-refractivity contribution in [3.05, 3.63) is 0 Å². The van der Waals surface area contributed by atoms with Gasteiger partial charge in [-0.2, -0.15) is 0 Å². The summed E-state index contributed by atoms with van der Waals surface area (Å²) in [5.74, 6) is 0.840. The third kappa shape index (κ3) is 5.79. The number of nitrogens with one attached hydrogen (secondary N) is 1. The molecule has 1 N–H and O–H groups in total. The van der Waals surface area contributed by atoms with E-state index in [1.165, 1.54) is 38.5 Å². The molecule has 4 heteroatoms. The van der Waals surface area contributed by atoms with Crippen LogP contribution in [0.2, 0.25) is 0 Å². The highest BCUT2D eigenvalue weighted by Crippen LogP contribution is 2.23. The highest BCUT2D eigenvalue weighted by atomic mass is 16.6. The minimum atomic E-state index is -0.408. The zero-order chi connectivity index (χ0) is 16.0. The van der Waals surface area contributed by atoms with E-state index >= 15 is 0 Å². The van der Waals surface area contributed by atoms with Crippen molar-refractivity contribution in [1.29, 1.82) is 0 Å². The second-order valence-corrected chi connectivity index (χ2v) is 7.99. The number of nitrogens with zero attached hydrogens (tertiary/aromatic N) is 1. The van der Waals surface area contributed by atoms with Crippen molar-refractivity contribution in [1.82, 2.24) is 10.2 Å². The van der Waals surface area contributed by atoms with Crippen molar-refractivity contribution >= 4 is 6.09 Å². The Balaban J connectivity index is 1.77. The van der Waals surface area contributed by atoms with E-state index in [9.17, 15) is 4.79 Å². The Morgan fingerprint density at radius 2 is 1.73 bits per heavy atom. The number of hydrogen-bond donors (Lipinski definition) is 1. The molecule has 0 bridgehead atoms. The van der Waals surface area contributed by atoms with Crippen molar-refractivity contribution in [2.24, 2.45) is 5.92 Å². The third-order valence-corrected chi connectivity index (χ3v) is 4.79. The number of piperidine rings is 1. The zero-order valence-corrected chi connectivity index (χ0v) is 14.7. The molecule has 0 radical (unpaired) electrons. The lowest BCUT2D eigenvalue weighted by Crippen LogP contribution is -2.50. The summed E-state index contributed by atoms with van der Waals surface area (Å²) in [4.78, 5) is 14.3. The van der Waals surface area contributed by atoms with Crippen LogP contribution in [0.1, 0.15) is 72.1 Å². The molecule has 2 aliphatic rings. The van der Waals surface area contributed by atoms with Crippen LogP contribution in [0.15, 0.2) is 0 Å². The average Bonchev–Trinajstić information content (AvgIpc) is 2.47. The molecule has 1 heterocycles. The lowest BCUT2D eigenvalue weighted by Gasteiger charge is -2.37. The molecule has 22 heavy (non-hydrogen) atoms. The van der Waals surface area contributed by atoms with Crippen molar-refractivity contribution < 1.29 is 9.53 Å². The predicted octanol–water partition coefficient (Wildman–Crippen LogP) is 3.95. The molecule has 2 fully saturated rings. The first-order valence-corrected chi connectivity index (χ1v) is 9.16. The van der Waals surface area contributed by atoms with E-state index in [0.29, 0.717) is 6.04 Å². The molecule has 128 valence electrons. The summed E-state index contributed by atoms with van der Waals surface area (Å²) >= 11 is 0. The van der Waals surface area contributed by atoms with Gasteiger partial charge in [0.15, 0.2) is 0 Å². The molecule has 0 spiro atoms. The molecule has 1 unspecified atom stereocenters. The maximum Gasteiger partial charge on any atom is 0.410 e. The highest BCUT2D eigenvalue weighted by molar-refractivity contribution is 5.68. The van der Waals surface area contributed by atoms with Gasteiger partial charge in [-0.25, -0.2) is 4.79 Å². The van der Waals surface area contributed by atoms with Gasteiger partial charge in [0.25, 0.3) is 0 Å². The van der Waals surface area contributed by atoms with Gasteiger partial charge in [-0.1, -0.05) is 19.3 Å². The summed E-state index contributed by atoms with van der Waals surface area (Å²) in [6.45, 7) is 8.67. The molecular formula is C18H34N2O2. The number of carbonyl (C=O) groups is 1. The first-order chi connectivity index (χ1) is 10.5. The van der Waals surface area contributed by atoms with Crippen LogP contribution >= 0.6 is 0 Å². The molecule has 1 aliphatic carbocycles. The lowest BCUT2D eigenvalue weighted by atomic mass is 9.89. The monoisotopic (exact) mass is 310 g/mol. The van der Waals surface area contributed by atoms with Crippen LogP contribution in [-0.4, -0.2) is 42.3 Å². The van der Waals surface area contributed by atoms with Gasteiger partial charge in [0.1, 0.15) is 5.60 Å². The Morgan fingerprint density at radius 1 is 1.05 bits per heavy atom. The Kier molecular flexibility index (Phi) is 6.54. The lowest BCUT2D eigenvalue weighted by molar-refractivity contribution is 0.00985. The first-order valence-electron chi connectivity index (χ1n) is 9.16. The second kappa shape index (κ2) is 8.19. The molecule has 0 aromatic rings. The standard InChI is InChI=1S/C18H34N2O2/c1-18(2,3)22-17(21)20-12-8-7-11-16(20)14-19-13-15-9-5-4-6-10-15/h15-16,19H,4-14H2,1-3H3. The predicted molar refractivity (Wildman–Crippen MR) is 90.0 cm³/mol. The molecular weight excluding hydrogens is 276 g/mol. The van der Waals surface area contributed by atoms with Gasteiger partial charge in [0.05, 0.1) is 0 Å². The number of carbonyl (C=O) groups excluding carboxylic acids is 1. The third-order valence-electron chi connectivity index (χ3n) is 4.79. The molecule has 1 saturated heterocycles. The quantitative estimate of drug-likeness (QED) is 0.855. The van der Waals surface area contributed by atoms with E-state index in [-0.39, 0.29) is 6.09 Å². The van der Waals surface area contributed by atoms with Crippen LogP contribution in [0.5, 0.6) is 0 Å². The van der Waals surface area contributed by atoms with Gasteiger partial charge in [-0.05, 0) is 65.3 Å². The Labute approximate surface area is 136 Å². The largest absolute Gasteiger partial charge is 0.444 e. The molecule has 1 atom stereocenters. The van der Waals surface area contributed by atoms with Crippen LogP contribution < -0.4 is 5.32 Å². The minimum absolute atomic E-state index is 0.142. The average molecular weight is 310 g/mol. The molecule has 4 nitrogen and oxygen atoms in total. The molecule has 0 aromatic heterocycles. The Morgan fingerprint density at radius 3 is 2.41 bits per heavy atom. The molecule has 1 aliphatic heterocycles. The fourth-order valence-electron chi connectivity index (χ4n) is 3.62. The fraction of sp³-hybridized carbons (Fsp3) is 0.944. The van der Waals surface area contributed by atoms with Crippen LogP contribution in [0.3, 0.4) is 0 Å². The van der Waals surface area contributed by atoms with Crippen molar-refractivity contribution in [3.8, 4) is 0 Å². The smallest absolute Gasteiger partial charge is 0.410 e. The van der Waals surface area contributed by atoms with Crippen molar-refractivity contribution in [2.45, 2.75) is 83.8 Å². The first kappa shape index (κ1) is 17.6. The highest BCUT2D eigenvalue weighted by Gasteiger charge is 2.30. The maximum atomic E-state index is 12.4. The van der Waals surface area contributed by atoms with Gasteiger partial charge in [-0.15, -0.1) is 0 Å². The van der Waals surface area contributed by atoms with E-state index in [1.807, 2.05) is 25.7 Å². The van der Waals surface area contributed by atoms with Gasteiger partial charge >= 0.3 is 6.09 Å². The van der Waals surface area contributed by atoms with Crippen LogP contribution in [0.4, 0.5) is 4.79 Å². The normalized spacial score (nSPS) is 24.3. The SMILES string of the molecule is CC(C)(C)OC(=O)N1CCCCC1CNCC1CCCCC1.